The molecule has 0 fully saturated rings. The van der Waals surface area contributed by atoms with Crippen molar-refractivity contribution in [2.24, 2.45) is 5.10 Å². The lowest BCUT2D eigenvalue weighted by Gasteiger charge is -2.14. The van der Waals surface area contributed by atoms with Crippen molar-refractivity contribution in [2.75, 3.05) is 0 Å². The van der Waals surface area contributed by atoms with Crippen LogP contribution in [0.5, 0.6) is 11.6 Å². The fraction of sp³-hybridized carbons (Fsp3) is 0.167. The molecule has 0 spiro atoms. The van der Waals surface area contributed by atoms with E-state index in [4.69, 9.17) is 4.74 Å². The van der Waals surface area contributed by atoms with Crippen LogP contribution in [-0.2, 0) is 0 Å². The standard InChI is InChI=1S/C24H19BrN6O6/c1-3-14(2)23-28-19-9-7-16(25)11-18(19)24(32)29(23)27-12-15-5-4-6-20(31(35)36)22(15)37-21-10-8-17(13-26-21)30(33)34/h4-14H,3H2,1-2H3/t14-/m1/s1. The number of hydrogen-bond acceptors (Lipinski definition) is 9. The van der Waals surface area contributed by atoms with E-state index >= 15 is 0 Å². The van der Waals surface area contributed by atoms with E-state index < -0.39 is 15.4 Å². The lowest BCUT2D eigenvalue weighted by molar-refractivity contribution is -0.385. The predicted molar refractivity (Wildman–Crippen MR) is 139 cm³/mol. The largest absolute Gasteiger partial charge is 0.431 e. The number of benzene rings is 2. The molecule has 0 amide bonds. The summed E-state index contributed by atoms with van der Waals surface area (Å²) < 4.78 is 7.54. The number of nitro groups is 2. The zero-order chi connectivity index (χ0) is 26.7. The highest BCUT2D eigenvalue weighted by molar-refractivity contribution is 9.10. The van der Waals surface area contributed by atoms with Crippen LogP contribution < -0.4 is 10.3 Å². The van der Waals surface area contributed by atoms with Crippen LogP contribution in [0.3, 0.4) is 0 Å². The molecule has 1 atom stereocenters. The van der Waals surface area contributed by atoms with Crippen LogP contribution in [0, 0.1) is 20.2 Å². The topological polar surface area (TPSA) is 156 Å². The number of nitro benzene ring substituents is 1. The van der Waals surface area contributed by atoms with Gasteiger partial charge >= 0.3 is 5.69 Å². The minimum atomic E-state index is -0.635. The maximum absolute atomic E-state index is 13.4. The quantitative estimate of drug-likeness (QED) is 0.152. The molecule has 4 rings (SSSR count). The fourth-order valence-corrected chi connectivity index (χ4v) is 3.80. The molecular weight excluding hydrogens is 548 g/mol. The van der Waals surface area contributed by atoms with Gasteiger partial charge in [-0.05, 0) is 30.7 Å². The Labute approximate surface area is 217 Å². The van der Waals surface area contributed by atoms with Crippen LogP contribution in [0.15, 0.2) is 69.1 Å². The molecule has 188 valence electrons. The second-order valence-electron chi connectivity index (χ2n) is 7.97. The number of halogens is 1. The molecule has 0 unspecified atom stereocenters. The maximum Gasteiger partial charge on any atom is 0.312 e. The van der Waals surface area contributed by atoms with Gasteiger partial charge in [0.2, 0.25) is 11.6 Å². The van der Waals surface area contributed by atoms with Crippen LogP contribution in [0.4, 0.5) is 11.4 Å². The summed E-state index contributed by atoms with van der Waals surface area (Å²) in [5.41, 5.74) is -0.324. The summed E-state index contributed by atoms with van der Waals surface area (Å²) in [6, 6.07) is 11.8. The lowest BCUT2D eigenvalue weighted by Crippen LogP contribution is -2.23. The van der Waals surface area contributed by atoms with Crippen molar-refractivity contribution < 1.29 is 14.6 Å². The summed E-state index contributed by atoms with van der Waals surface area (Å²) in [6.07, 6.45) is 2.95. The van der Waals surface area contributed by atoms with Crippen molar-refractivity contribution in [1.29, 1.82) is 0 Å². The molecule has 0 saturated heterocycles. The summed E-state index contributed by atoms with van der Waals surface area (Å²) >= 11 is 3.36. The van der Waals surface area contributed by atoms with E-state index in [0.717, 1.165) is 6.20 Å². The first-order valence-electron chi connectivity index (χ1n) is 11.0. The number of rotatable bonds is 8. The number of hydrogen-bond donors (Lipinski definition) is 0. The first kappa shape index (κ1) is 25.6. The number of aromatic nitrogens is 3. The molecule has 4 aromatic rings. The fourth-order valence-electron chi connectivity index (χ4n) is 3.44. The Balaban J connectivity index is 1.84. The van der Waals surface area contributed by atoms with E-state index in [2.05, 4.69) is 31.0 Å². The minimum Gasteiger partial charge on any atom is -0.431 e. The summed E-state index contributed by atoms with van der Waals surface area (Å²) in [5, 5.41) is 27.3. The van der Waals surface area contributed by atoms with Crippen molar-refractivity contribution in [2.45, 2.75) is 26.2 Å². The van der Waals surface area contributed by atoms with Gasteiger partial charge in [-0.15, -0.1) is 0 Å². The molecule has 0 aliphatic heterocycles. The summed E-state index contributed by atoms with van der Waals surface area (Å²) in [6.45, 7) is 3.88. The SMILES string of the molecule is CC[C@@H](C)c1nc2ccc(Br)cc2c(=O)n1N=Cc1cccc([N+](=O)[O-])c1Oc1ccc([N+](=O)[O-])cn1. The summed E-state index contributed by atoms with van der Waals surface area (Å²) in [7, 11) is 0. The van der Waals surface area contributed by atoms with Gasteiger partial charge in [-0.1, -0.05) is 35.8 Å². The number of nitrogens with zero attached hydrogens (tertiary/aromatic N) is 6. The normalized spacial score (nSPS) is 12.1. The molecule has 0 aliphatic rings. The second-order valence-corrected chi connectivity index (χ2v) is 8.88. The Kier molecular flexibility index (Phi) is 7.34. The molecular formula is C24H19BrN6O6. The van der Waals surface area contributed by atoms with Crippen LogP contribution in [0.25, 0.3) is 10.9 Å². The average molecular weight is 567 g/mol. The van der Waals surface area contributed by atoms with Gasteiger partial charge in [-0.25, -0.2) is 9.97 Å². The van der Waals surface area contributed by atoms with Crippen LogP contribution >= 0.6 is 15.9 Å². The highest BCUT2D eigenvalue weighted by atomic mass is 79.9. The third-order valence-electron chi connectivity index (χ3n) is 5.56. The number of ether oxygens (including phenoxy) is 1. The third-order valence-corrected chi connectivity index (χ3v) is 6.05. The number of pyridine rings is 1. The van der Waals surface area contributed by atoms with E-state index in [1.54, 1.807) is 18.2 Å². The van der Waals surface area contributed by atoms with Crippen LogP contribution in [-0.4, -0.2) is 30.7 Å². The number of fused-ring (bicyclic) bond motifs is 1. The zero-order valence-corrected chi connectivity index (χ0v) is 21.2. The van der Waals surface area contributed by atoms with Crippen molar-refractivity contribution >= 4 is 44.4 Å². The van der Waals surface area contributed by atoms with Gasteiger partial charge in [-0.3, -0.25) is 25.0 Å². The van der Waals surface area contributed by atoms with Crippen LogP contribution in [0.2, 0.25) is 0 Å². The molecule has 13 heteroatoms. The molecule has 0 aliphatic carbocycles. The molecule has 37 heavy (non-hydrogen) atoms. The summed E-state index contributed by atoms with van der Waals surface area (Å²) in [5.74, 6) is 0.0445. The first-order chi connectivity index (χ1) is 17.7. The van der Waals surface area contributed by atoms with Gasteiger partial charge in [0.15, 0.2) is 0 Å². The molecule has 2 aromatic carbocycles. The lowest BCUT2D eigenvalue weighted by atomic mass is 10.1. The zero-order valence-electron chi connectivity index (χ0n) is 19.6. The van der Waals surface area contributed by atoms with E-state index in [-0.39, 0.29) is 34.5 Å². The highest BCUT2D eigenvalue weighted by Gasteiger charge is 2.21. The van der Waals surface area contributed by atoms with Gasteiger partial charge in [0, 0.05) is 34.2 Å². The van der Waals surface area contributed by atoms with Gasteiger partial charge < -0.3 is 4.74 Å². The van der Waals surface area contributed by atoms with E-state index in [1.807, 2.05) is 13.8 Å². The van der Waals surface area contributed by atoms with Crippen molar-refractivity contribution in [3.05, 3.63) is 101 Å². The van der Waals surface area contributed by atoms with E-state index in [9.17, 15) is 25.0 Å². The Morgan fingerprint density at radius 3 is 2.59 bits per heavy atom. The average Bonchev–Trinajstić information content (AvgIpc) is 2.88. The molecule has 2 heterocycles. The Bertz CT molecular complexity index is 1600. The van der Waals surface area contributed by atoms with Gasteiger partial charge in [0.25, 0.3) is 11.2 Å². The smallest absolute Gasteiger partial charge is 0.312 e. The van der Waals surface area contributed by atoms with Gasteiger partial charge in [-0.2, -0.15) is 9.78 Å². The van der Waals surface area contributed by atoms with E-state index in [1.165, 1.54) is 41.2 Å². The monoisotopic (exact) mass is 566 g/mol. The van der Waals surface area contributed by atoms with Crippen molar-refractivity contribution in [1.82, 2.24) is 14.6 Å². The van der Waals surface area contributed by atoms with Crippen molar-refractivity contribution in [3.8, 4) is 11.6 Å². The highest BCUT2D eigenvalue weighted by Crippen LogP contribution is 2.34. The molecule has 0 saturated carbocycles. The summed E-state index contributed by atoms with van der Waals surface area (Å²) in [4.78, 5) is 43.2. The molecule has 2 aromatic heterocycles. The third kappa shape index (κ3) is 5.35. The van der Waals surface area contributed by atoms with Gasteiger partial charge in [0.1, 0.15) is 12.0 Å². The minimum absolute atomic E-state index is 0.0933. The predicted octanol–water partition coefficient (Wildman–Crippen LogP) is 5.56. The maximum atomic E-state index is 13.4. The second kappa shape index (κ2) is 10.6. The Morgan fingerprint density at radius 2 is 1.95 bits per heavy atom. The number of para-hydroxylation sites is 1. The Morgan fingerprint density at radius 1 is 1.16 bits per heavy atom. The van der Waals surface area contributed by atoms with Crippen LogP contribution in [0.1, 0.15) is 37.6 Å². The Hall–Kier alpha value is -4.52. The molecule has 0 N–H and O–H groups in total. The van der Waals surface area contributed by atoms with E-state index in [0.29, 0.717) is 27.6 Å². The van der Waals surface area contributed by atoms with Crippen molar-refractivity contribution in [3.63, 3.8) is 0 Å². The van der Waals surface area contributed by atoms with Gasteiger partial charge in [0.05, 0.1) is 27.0 Å². The molecule has 0 radical (unpaired) electrons. The first-order valence-corrected chi connectivity index (χ1v) is 11.8. The molecule has 12 nitrogen and oxygen atoms in total. The molecule has 0 bridgehead atoms.